The van der Waals surface area contributed by atoms with E-state index >= 15 is 4.39 Å². The van der Waals surface area contributed by atoms with Crippen LogP contribution in [0.3, 0.4) is 0 Å². The number of piperidine rings is 1. The zero-order valence-electron chi connectivity index (χ0n) is 49.3. The molecule has 0 spiro atoms. The van der Waals surface area contributed by atoms with Crippen LogP contribution < -0.4 is 32.3 Å². The van der Waals surface area contributed by atoms with Crippen LogP contribution in [0.5, 0.6) is 0 Å². The van der Waals surface area contributed by atoms with Crippen LogP contribution in [0.4, 0.5) is 27.6 Å². The highest BCUT2D eigenvalue weighted by Gasteiger charge is 2.51. The fourth-order valence-corrected chi connectivity index (χ4v) is 13.4. The third-order valence-corrected chi connectivity index (χ3v) is 19.0. The van der Waals surface area contributed by atoms with Gasteiger partial charge in [-0.2, -0.15) is 8.78 Å². The molecule has 0 aliphatic carbocycles. The fraction of sp³-hybridized carbons (Fsp3) is 0.492. The highest BCUT2D eigenvalue weighted by atomic mass is 32.1. The number of nitrogens with two attached hydrogens (primary N) is 1. The van der Waals surface area contributed by atoms with Gasteiger partial charge in [0.25, 0.3) is 24.1 Å². The number of primary amides is 1. The first-order valence-corrected chi connectivity index (χ1v) is 31.7. The van der Waals surface area contributed by atoms with Crippen LogP contribution in [-0.4, -0.2) is 195 Å². The van der Waals surface area contributed by atoms with Gasteiger partial charge in [-0.25, -0.2) is 13.2 Å². The molecule has 484 valence electrons. The van der Waals surface area contributed by atoms with Crippen LogP contribution in [0, 0.1) is 5.82 Å². The van der Waals surface area contributed by atoms with Crippen molar-refractivity contribution in [2.45, 2.75) is 126 Å². The number of thiophene rings is 1. The smallest absolute Gasteiger partial charge is 0.381 e. The summed E-state index contributed by atoms with van der Waals surface area (Å²) < 4.78 is 84.4. The molecule has 5 aliphatic heterocycles. The number of anilines is 1. The third kappa shape index (κ3) is 14.8. The number of amides is 10. The molecule has 4 aromatic rings. The van der Waals surface area contributed by atoms with E-state index in [9.17, 15) is 79.9 Å². The van der Waals surface area contributed by atoms with Gasteiger partial charge in [0.05, 0.1) is 28.2 Å². The average molecular weight is 1300 g/mol. The van der Waals surface area contributed by atoms with Gasteiger partial charge in [0.15, 0.2) is 0 Å². The maximum Gasteiger partial charge on any atom is 0.399 e. The quantitative estimate of drug-likeness (QED) is 0.0338. The zero-order chi connectivity index (χ0) is 65.3. The van der Waals surface area contributed by atoms with Gasteiger partial charge in [-0.05, 0) is 84.4 Å². The van der Waals surface area contributed by atoms with Gasteiger partial charge in [0.2, 0.25) is 41.4 Å². The summed E-state index contributed by atoms with van der Waals surface area (Å²) in [6, 6.07) is 5.95. The molecule has 0 radical (unpaired) electrons. The van der Waals surface area contributed by atoms with Gasteiger partial charge in [-0.3, -0.25) is 72.5 Å². The molecule has 0 bridgehead atoms. The van der Waals surface area contributed by atoms with Crippen LogP contribution in [0.1, 0.15) is 113 Å². The van der Waals surface area contributed by atoms with Gasteiger partial charge in [0, 0.05) is 87.9 Å². The highest BCUT2D eigenvalue weighted by Crippen LogP contribution is 2.59. The molecule has 0 saturated carbocycles. The number of nitrogens with zero attached hydrogens (tertiary/aromatic N) is 5. The minimum Gasteiger partial charge on any atom is -0.381 e. The number of benzene rings is 3. The van der Waals surface area contributed by atoms with Crippen molar-refractivity contribution in [1.29, 1.82) is 0 Å². The molecule has 6 heterocycles. The Bertz CT molecular complexity index is 3560. The zero-order valence-corrected chi connectivity index (χ0v) is 51.0. The van der Waals surface area contributed by atoms with E-state index < -0.39 is 146 Å². The second-order valence-electron chi connectivity index (χ2n) is 24.1. The fourth-order valence-electron chi connectivity index (χ4n) is 12.0. The number of fused-ring (bicyclic) bond motifs is 3. The van der Waals surface area contributed by atoms with E-state index in [0.717, 1.165) is 52.1 Å². The van der Waals surface area contributed by atoms with E-state index in [4.69, 9.17) is 5.73 Å². The second-order valence-corrected chi connectivity index (χ2v) is 26.8. The Morgan fingerprint density at radius 2 is 1.50 bits per heavy atom. The summed E-state index contributed by atoms with van der Waals surface area (Å²) >= 11 is 0.797. The normalized spacial score (nSPS) is 21.1. The van der Waals surface area contributed by atoms with Gasteiger partial charge >= 0.3 is 13.3 Å². The van der Waals surface area contributed by atoms with E-state index in [1.54, 1.807) is 4.90 Å². The molecular formula is C59H69F5N11O13PS. The number of hydrogen-bond donors (Lipinski definition) is 8. The molecule has 1 unspecified atom stereocenters. The molecule has 4 fully saturated rings. The van der Waals surface area contributed by atoms with E-state index in [2.05, 4.69) is 26.6 Å². The first-order valence-electron chi connectivity index (χ1n) is 29.3. The maximum absolute atomic E-state index is 15.4. The molecule has 4 saturated heterocycles. The van der Waals surface area contributed by atoms with Crippen molar-refractivity contribution < 1.29 is 84.2 Å². The number of halogens is 5. The Balaban J connectivity index is 0.874. The lowest BCUT2D eigenvalue weighted by atomic mass is 9.86. The summed E-state index contributed by atoms with van der Waals surface area (Å²) in [5.74, 6) is -8.59. The summed E-state index contributed by atoms with van der Waals surface area (Å²) in [5.41, 5.74) is 1.03. The number of imide groups is 2. The molecule has 1 aromatic heterocycles. The molecule has 5 aliphatic rings. The lowest BCUT2D eigenvalue weighted by Gasteiger charge is -2.39. The first-order chi connectivity index (χ1) is 42.4. The molecule has 24 nitrogen and oxygen atoms in total. The van der Waals surface area contributed by atoms with Crippen molar-refractivity contribution in [1.82, 2.24) is 45.8 Å². The molecular weight excluding hydrogens is 1230 g/mol. The number of rotatable bonds is 21. The molecule has 31 heteroatoms. The molecule has 9 rings (SSSR count). The van der Waals surface area contributed by atoms with Crippen molar-refractivity contribution in [3.05, 3.63) is 99.2 Å². The predicted octanol–water partition coefficient (Wildman–Crippen LogP) is 3.13. The van der Waals surface area contributed by atoms with Gasteiger partial charge in [-0.15, -0.1) is 11.3 Å². The SMILES string of the molecule is CC(C)(C)c1ccc(C[C@H](NC(=O)[C@H](CCC(N)=O)NC(=O)[C@@H]2CC[C@@H]3CCN(CC(F)F)C[C@H](NC(=O)c4cc5cc(C(F)(F)P(=O)(O)O)ccc5s4)C(=O)N32)C(=O)N2CCN(CCNc3cc4c(cc3F)C(=O)N(C3CCC(=O)NC3=O)C4=O)CC2)cc1. The summed E-state index contributed by atoms with van der Waals surface area (Å²) in [4.78, 5) is 161. The summed E-state index contributed by atoms with van der Waals surface area (Å²) in [6.45, 7) is 6.39. The van der Waals surface area contributed by atoms with Gasteiger partial charge in [0.1, 0.15) is 36.0 Å². The van der Waals surface area contributed by atoms with Crippen LogP contribution in [0.15, 0.2) is 60.7 Å². The first kappa shape index (κ1) is 66.7. The highest BCUT2D eigenvalue weighted by molar-refractivity contribution is 7.52. The monoisotopic (exact) mass is 1300 g/mol. The van der Waals surface area contributed by atoms with Crippen LogP contribution in [-0.2, 0) is 55.6 Å². The van der Waals surface area contributed by atoms with Gasteiger partial charge in [-0.1, -0.05) is 51.1 Å². The van der Waals surface area contributed by atoms with Crippen molar-refractivity contribution in [3.8, 4) is 0 Å². The number of carbonyl (C=O) groups excluding carboxylic acids is 10. The Hall–Kier alpha value is -7.76. The van der Waals surface area contributed by atoms with E-state index in [-0.39, 0.29) is 108 Å². The van der Waals surface area contributed by atoms with E-state index in [1.165, 1.54) is 15.9 Å². The molecule has 9 N–H and O–H groups in total. The van der Waals surface area contributed by atoms with Crippen LogP contribution in [0.25, 0.3) is 10.1 Å². The Labute approximate surface area is 516 Å². The van der Waals surface area contributed by atoms with Crippen molar-refractivity contribution in [3.63, 3.8) is 0 Å². The average Bonchev–Trinajstić information content (AvgIpc) is 1.60. The van der Waals surface area contributed by atoms with E-state index in [1.807, 2.05) is 49.9 Å². The largest absolute Gasteiger partial charge is 0.399 e. The van der Waals surface area contributed by atoms with Crippen molar-refractivity contribution >= 4 is 93.8 Å². The minimum absolute atomic E-state index is 0.00620. The maximum atomic E-state index is 15.4. The molecule has 3 aromatic carbocycles. The Morgan fingerprint density at radius 1 is 0.822 bits per heavy atom. The molecule has 10 amide bonds. The summed E-state index contributed by atoms with van der Waals surface area (Å²) in [7, 11) is -5.95. The topological polar surface area (TPSA) is 331 Å². The van der Waals surface area contributed by atoms with E-state index in [0.29, 0.717) is 25.2 Å². The van der Waals surface area contributed by atoms with Crippen molar-refractivity contribution in [2.24, 2.45) is 5.73 Å². The number of carbonyl (C=O) groups is 10. The van der Waals surface area contributed by atoms with Crippen LogP contribution in [0.2, 0.25) is 0 Å². The van der Waals surface area contributed by atoms with Crippen molar-refractivity contribution in [2.75, 3.05) is 64.2 Å². The Kier molecular flexibility index (Phi) is 20.0. The number of nitrogens with one attached hydrogen (secondary N) is 5. The standard InChI is InChI=1S/C59H69F5N11O13PS/c1-58(2,3)33-6-4-31(5-7-33)24-41(56(84)73-22-20-71(21-23-73)19-17-66-40-28-37-36(27-38(40)60)54(82)75(55(37)83)44-12-15-49(77)70-52(44)80)68-50(78)39(10-14-48(65)76)67-51(79)43-11-9-35-16-18-72(30-47(61)62)29-42(57(85)74(35)43)69-53(81)46-26-32-25-34(8-13-45(32)90-46)59(63,64)89(86,87)88/h4-8,13,25-28,35,39,41-44,47,66H,9-12,14-24,29-30H2,1-3H3,(H2,65,76)(H,67,79)(H,68,78)(H,69,81)(H,70,77,80)(H2,86,87,88)/t35-,39+,41+,42+,43+,44?/m1/s1. The molecule has 6 atom stereocenters. The number of alkyl halides is 4. The Morgan fingerprint density at radius 3 is 2.14 bits per heavy atom. The second kappa shape index (κ2) is 27.0. The summed E-state index contributed by atoms with van der Waals surface area (Å²) in [6.07, 6.45) is -3.40. The third-order valence-electron chi connectivity index (χ3n) is 16.9. The van der Waals surface area contributed by atoms with Gasteiger partial charge < -0.3 is 46.6 Å². The lowest BCUT2D eigenvalue weighted by molar-refractivity contribution is -0.144. The minimum atomic E-state index is -5.95. The molecule has 90 heavy (non-hydrogen) atoms. The summed E-state index contributed by atoms with van der Waals surface area (Å²) in [5, 5.41) is 13.1. The predicted molar refractivity (Wildman–Crippen MR) is 315 cm³/mol. The van der Waals surface area contributed by atoms with Crippen LogP contribution >= 0.6 is 18.9 Å². The number of hydrogen-bond acceptors (Lipinski definition) is 15. The lowest BCUT2D eigenvalue weighted by Crippen LogP contribution is -2.62. The number of piperazine rings is 1.